The molecule has 1 atom stereocenters. The second-order valence-corrected chi connectivity index (χ2v) is 4.99. The van der Waals surface area contributed by atoms with Crippen LogP contribution >= 0.6 is 0 Å². The Bertz CT molecular complexity index is 470. The van der Waals surface area contributed by atoms with Gasteiger partial charge in [0, 0.05) is 25.3 Å². The molecule has 1 saturated heterocycles. The van der Waals surface area contributed by atoms with E-state index in [1.807, 2.05) is 0 Å². The van der Waals surface area contributed by atoms with Crippen LogP contribution in [0.1, 0.15) is 28.8 Å². The summed E-state index contributed by atoms with van der Waals surface area (Å²) in [6, 6.07) is 4.28. The van der Waals surface area contributed by atoms with Gasteiger partial charge in [0.05, 0.1) is 5.56 Å². The highest BCUT2D eigenvalue weighted by atomic mass is 19.4. The van der Waals surface area contributed by atoms with Gasteiger partial charge in [-0.05, 0) is 43.0 Å². The minimum absolute atomic E-state index is 0.0903. The molecule has 0 spiro atoms. The number of rotatable bonds is 3. The van der Waals surface area contributed by atoms with Crippen LogP contribution < -0.4 is 0 Å². The lowest BCUT2D eigenvalue weighted by atomic mass is 10.1. The van der Waals surface area contributed by atoms with Crippen LogP contribution in [-0.2, 0) is 6.18 Å². The predicted molar refractivity (Wildman–Crippen MR) is 67.2 cm³/mol. The predicted octanol–water partition coefficient (Wildman–Crippen LogP) is 2.55. The third-order valence-corrected chi connectivity index (χ3v) is 3.57. The number of carbonyl (C=O) groups is 1. The van der Waals surface area contributed by atoms with E-state index in [2.05, 4.69) is 0 Å². The smallest absolute Gasteiger partial charge is 0.396 e. The van der Waals surface area contributed by atoms with E-state index in [1.54, 1.807) is 4.90 Å². The molecule has 0 saturated carbocycles. The number of amides is 1. The molecule has 0 aromatic heterocycles. The first-order valence-electron chi connectivity index (χ1n) is 6.49. The molecule has 1 fully saturated rings. The molecule has 1 aliphatic heterocycles. The van der Waals surface area contributed by atoms with Gasteiger partial charge in [0.2, 0.25) is 0 Å². The van der Waals surface area contributed by atoms with Crippen molar-refractivity contribution in [3.8, 4) is 0 Å². The zero-order valence-corrected chi connectivity index (χ0v) is 10.9. The van der Waals surface area contributed by atoms with Crippen molar-refractivity contribution in [1.82, 2.24) is 4.90 Å². The van der Waals surface area contributed by atoms with E-state index in [4.69, 9.17) is 5.11 Å². The summed E-state index contributed by atoms with van der Waals surface area (Å²) in [5.74, 6) is 0.0255. The van der Waals surface area contributed by atoms with E-state index in [1.165, 1.54) is 12.1 Å². The van der Waals surface area contributed by atoms with Crippen molar-refractivity contribution in [2.24, 2.45) is 5.92 Å². The van der Waals surface area contributed by atoms with Crippen molar-refractivity contribution in [2.45, 2.75) is 19.0 Å². The van der Waals surface area contributed by atoms with Crippen LogP contribution in [0.4, 0.5) is 13.2 Å². The fourth-order valence-corrected chi connectivity index (χ4v) is 2.42. The summed E-state index contributed by atoms with van der Waals surface area (Å²) in [6.07, 6.45) is -2.91. The number of likely N-dealkylation sites (tertiary alicyclic amines) is 1. The van der Waals surface area contributed by atoms with Crippen molar-refractivity contribution in [2.75, 3.05) is 19.7 Å². The number of aliphatic hydroxyl groups is 1. The van der Waals surface area contributed by atoms with Gasteiger partial charge in [0.25, 0.3) is 5.91 Å². The van der Waals surface area contributed by atoms with Gasteiger partial charge < -0.3 is 10.0 Å². The molecule has 0 radical (unpaired) electrons. The maximum absolute atomic E-state index is 12.4. The molecular weight excluding hydrogens is 271 g/mol. The van der Waals surface area contributed by atoms with Crippen LogP contribution in [0.2, 0.25) is 0 Å². The summed E-state index contributed by atoms with van der Waals surface area (Å²) in [5, 5.41) is 8.87. The molecule has 1 aliphatic rings. The van der Waals surface area contributed by atoms with Crippen molar-refractivity contribution in [3.05, 3.63) is 35.4 Å². The molecule has 1 aromatic rings. The highest BCUT2D eigenvalue weighted by molar-refractivity contribution is 5.94. The molecule has 1 heterocycles. The highest BCUT2D eigenvalue weighted by Gasteiger charge is 2.31. The van der Waals surface area contributed by atoms with Gasteiger partial charge in [-0.3, -0.25) is 4.79 Å². The van der Waals surface area contributed by atoms with Crippen LogP contribution in [0.25, 0.3) is 0 Å². The summed E-state index contributed by atoms with van der Waals surface area (Å²) in [7, 11) is 0. The molecule has 1 N–H and O–H groups in total. The van der Waals surface area contributed by atoms with Gasteiger partial charge >= 0.3 is 6.18 Å². The minimum atomic E-state index is -4.39. The van der Waals surface area contributed by atoms with E-state index in [0.29, 0.717) is 19.5 Å². The summed E-state index contributed by atoms with van der Waals surface area (Å²) in [4.78, 5) is 13.8. The van der Waals surface area contributed by atoms with Gasteiger partial charge in [-0.15, -0.1) is 0 Å². The number of carbonyl (C=O) groups excluding carboxylic acids is 1. The quantitative estimate of drug-likeness (QED) is 0.928. The second kappa shape index (κ2) is 5.83. The largest absolute Gasteiger partial charge is 0.416 e. The lowest BCUT2D eigenvalue weighted by Crippen LogP contribution is -2.28. The fourth-order valence-electron chi connectivity index (χ4n) is 2.42. The van der Waals surface area contributed by atoms with Crippen molar-refractivity contribution in [1.29, 1.82) is 0 Å². The van der Waals surface area contributed by atoms with E-state index in [-0.39, 0.29) is 24.0 Å². The molecule has 0 bridgehead atoms. The van der Waals surface area contributed by atoms with Crippen LogP contribution in [0.5, 0.6) is 0 Å². The fraction of sp³-hybridized carbons (Fsp3) is 0.500. The SMILES string of the molecule is O=C(c1ccc(C(F)(F)F)cc1)N1CCC(CCO)C1. The standard InChI is InChI=1S/C14H16F3NO2/c15-14(16,17)12-3-1-11(2-4-12)13(20)18-7-5-10(9-18)6-8-19/h1-4,10,19H,5-9H2. The van der Waals surface area contributed by atoms with Gasteiger partial charge in [0.15, 0.2) is 0 Å². The average Bonchev–Trinajstić information content (AvgIpc) is 2.86. The molecule has 20 heavy (non-hydrogen) atoms. The number of hydrogen-bond acceptors (Lipinski definition) is 2. The van der Waals surface area contributed by atoms with Crippen LogP contribution in [-0.4, -0.2) is 35.6 Å². The van der Waals surface area contributed by atoms with Crippen molar-refractivity contribution in [3.63, 3.8) is 0 Å². The lowest BCUT2D eigenvalue weighted by Gasteiger charge is -2.17. The van der Waals surface area contributed by atoms with Gasteiger partial charge in [0.1, 0.15) is 0 Å². The third kappa shape index (κ3) is 3.30. The van der Waals surface area contributed by atoms with E-state index >= 15 is 0 Å². The van der Waals surface area contributed by atoms with Crippen LogP contribution in [0, 0.1) is 5.92 Å². The Morgan fingerprint density at radius 1 is 1.30 bits per heavy atom. The first-order valence-corrected chi connectivity index (χ1v) is 6.49. The number of aliphatic hydroxyl groups excluding tert-OH is 1. The number of alkyl halides is 3. The lowest BCUT2D eigenvalue weighted by molar-refractivity contribution is -0.137. The summed E-state index contributed by atoms with van der Waals surface area (Å²) in [6.45, 7) is 1.23. The van der Waals surface area contributed by atoms with E-state index < -0.39 is 11.7 Å². The summed E-state index contributed by atoms with van der Waals surface area (Å²) >= 11 is 0. The Morgan fingerprint density at radius 3 is 2.50 bits per heavy atom. The first kappa shape index (κ1) is 14.8. The Kier molecular flexibility index (Phi) is 4.32. The zero-order chi connectivity index (χ0) is 14.8. The molecule has 1 amide bonds. The second-order valence-electron chi connectivity index (χ2n) is 4.99. The van der Waals surface area contributed by atoms with E-state index in [9.17, 15) is 18.0 Å². The first-order chi connectivity index (χ1) is 9.41. The number of nitrogens with zero attached hydrogens (tertiary/aromatic N) is 1. The normalized spacial score (nSPS) is 19.4. The van der Waals surface area contributed by atoms with Crippen molar-refractivity contribution < 1.29 is 23.1 Å². The third-order valence-electron chi connectivity index (χ3n) is 3.57. The maximum atomic E-state index is 12.4. The molecule has 2 rings (SSSR count). The topological polar surface area (TPSA) is 40.5 Å². The molecule has 3 nitrogen and oxygen atoms in total. The number of benzene rings is 1. The maximum Gasteiger partial charge on any atom is 0.416 e. The van der Waals surface area contributed by atoms with Gasteiger partial charge in [-0.1, -0.05) is 0 Å². The average molecular weight is 287 g/mol. The molecule has 6 heteroatoms. The van der Waals surface area contributed by atoms with E-state index in [0.717, 1.165) is 18.6 Å². The molecule has 110 valence electrons. The molecular formula is C14H16F3NO2. The summed E-state index contributed by atoms with van der Waals surface area (Å²) in [5.41, 5.74) is -0.490. The summed E-state index contributed by atoms with van der Waals surface area (Å²) < 4.78 is 37.3. The monoisotopic (exact) mass is 287 g/mol. The Morgan fingerprint density at radius 2 is 1.95 bits per heavy atom. The molecule has 1 aromatic carbocycles. The van der Waals surface area contributed by atoms with Crippen molar-refractivity contribution >= 4 is 5.91 Å². The van der Waals surface area contributed by atoms with Gasteiger partial charge in [-0.25, -0.2) is 0 Å². The van der Waals surface area contributed by atoms with Crippen LogP contribution in [0.15, 0.2) is 24.3 Å². The van der Waals surface area contributed by atoms with Gasteiger partial charge in [-0.2, -0.15) is 13.2 Å². The number of hydrogen-bond donors (Lipinski definition) is 1. The highest BCUT2D eigenvalue weighted by Crippen LogP contribution is 2.29. The Balaban J connectivity index is 2.03. The zero-order valence-electron chi connectivity index (χ0n) is 10.9. The molecule has 1 unspecified atom stereocenters. The molecule has 0 aliphatic carbocycles. The minimum Gasteiger partial charge on any atom is -0.396 e. The number of halogens is 3. The van der Waals surface area contributed by atoms with Crippen LogP contribution in [0.3, 0.4) is 0 Å². The Hall–Kier alpha value is -1.56. The Labute approximate surface area is 115 Å².